The number of nitrogens with zero attached hydrogens (tertiary/aromatic N) is 1. The van der Waals surface area contributed by atoms with Crippen LogP contribution in [0.3, 0.4) is 0 Å². The van der Waals surface area contributed by atoms with Crippen molar-refractivity contribution in [3.63, 3.8) is 0 Å². The summed E-state index contributed by atoms with van der Waals surface area (Å²) in [5, 5.41) is 0. The van der Waals surface area contributed by atoms with Gasteiger partial charge in [-0.25, -0.2) is 0 Å². The quantitative estimate of drug-likeness (QED) is 0.809. The van der Waals surface area contributed by atoms with Gasteiger partial charge in [0.05, 0.1) is 0 Å². The van der Waals surface area contributed by atoms with Crippen molar-refractivity contribution in [3.8, 4) is 11.5 Å². The van der Waals surface area contributed by atoms with Gasteiger partial charge < -0.3 is 9.64 Å². The van der Waals surface area contributed by atoms with E-state index in [-0.39, 0.29) is 5.91 Å². The molecule has 2 aromatic carbocycles. The summed E-state index contributed by atoms with van der Waals surface area (Å²) in [5.74, 6) is 2.30. The monoisotopic (exact) mass is 309 g/mol. The maximum Gasteiger partial charge on any atom is 0.253 e. The van der Waals surface area contributed by atoms with Crippen molar-refractivity contribution in [2.45, 2.75) is 31.6 Å². The van der Waals surface area contributed by atoms with Gasteiger partial charge in [-0.15, -0.1) is 0 Å². The number of amides is 1. The molecule has 1 fully saturated rings. The highest BCUT2D eigenvalue weighted by Gasteiger charge is 2.16. The van der Waals surface area contributed by atoms with Gasteiger partial charge in [0.1, 0.15) is 11.5 Å². The molecule has 0 saturated heterocycles. The van der Waals surface area contributed by atoms with Gasteiger partial charge in [-0.2, -0.15) is 0 Å². The van der Waals surface area contributed by atoms with E-state index in [9.17, 15) is 4.79 Å². The summed E-state index contributed by atoms with van der Waals surface area (Å²) in [5.41, 5.74) is 2.08. The molecule has 0 spiro atoms. The maximum atomic E-state index is 11.9. The lowest BCUT2D eigenvalue weighted by Crippen LogP contribution is -2.21. The van der Waals surface area contributed by atoms with E-state index in [0.717, 1.165) is 17.4 Å². The predicted octanol–water partition coefficient (Wildman–Crippen LogP) is 4.84. The van der Waals surface area contributed by atoms with E-state index in [4.69, 9.17) is 4.74 Å². The number of carbonyl (C=O) groups is 1. The maximum absolute atomic E-state index is 11.9. The van der Waals surface area contributed by atoms with Gasteiger partial charge in [-0.3, -0.25) is 4.79 Å². The van der Waals surface area contributed by atoms with Gasteiger partial charge in [-0.05, 0) is 60.7 Å². The van der Waals surface area contributed by atoms with Gasteiger partial charge >= 0.3 is 0 Å². The Balaban J connectivity index is 1.66. The molecule has 0 radical (unpaired) electrons. The van der Waals surface area contributed by atoms with Crippen molar-refractivity contribution in [1.82, 2.24) is 4.90 Å². The first-order valence-corrected chi connectivity index (χ1v) is 8.23. The van der Waals surface area contributed by atoms with E-state index < -0.39 is 0 Å². The molecule has 0 aromatic heterocycles. The summed E-state index contributed by atoms with van der Waals surface area (Å²) in [6.07, 6.45) is 5.31. The van der Waals surface area contributed by atoms with Crippen LogP contribution in [0.25, 0.3) is 0 Å². The Morgan fingerprint density at radius 2 is 1.43 bits per heavy atom. The van der Waals surface area contributed by atoms with Gasteiger partial charge in [0, 0.05) is 19.7 Å². The Morgan fingerprint density at radius 3 is 1.96 bits per heavy atom. The second-order valence-electron chi connectivity index (χ2n) is 6.38. The van der Waals surface area contributed by atoms with Crippen LogP contribution in [-0.4, -0.2) is 24.9 Å². The highest BCUT2D eigenvalue weighted by Crippen LogP contribution is 2.35. The molecule has 2 aromatic rings. The van der Waals surface area contributed by atoms with E-state index in [0.29, 0.717) is 5.56 Å². The van der Waals surface area contributed by atoms with Crippen LogP contribution >= 0.6 is 0 Å². The van der Waals surface area contributed by atoms with Crippen molar-refractivity contribution in [2.24, 2.45) is 0 Å². The fourth-order valence-electron chi connectivity index (χ4n) is 3.13. The van der Waals surface area contributed by atoms with Crippen LogP contribution in [0, 0.1) is 0 Å². The summed E-state index contributed by atoms with van der Waals surface area (Å²) >= 11 is 0. The Hall–Kier alpha value is -2.29. The molecule has 1 amide bonds. The van der Waals surface area contributed by atoms with Crippen LogP contribution in [0.5, 0.6) is 11.5 Å². The molecule has 120 valence electrons. The van der Waals surface area contributed by atoms with Crippen LogP contribution in [-0.2, 0) is 0 Å². The minimum Gasteiger partial charge on any atom is -0.457 e. The molecule has 3 heteroatoms. The van der Waals surface area contributed by atoms with Crippen molar-refractivity contribution < 1.29 is 9.53 Å². The van der Waals surface area contributed by atoms with E-state index in [1.54, 1.807) is 31.1 Å². The second-order valence-corrected chi connectivity index (χ2v) is 6.38. The molecule has 0 unspecified atom stereocenters. The first-order chi connectivity index (χ1) is 11.1. The summed E-state index contributed by atoms with van der Waals surface area (Å²) < 4.78 is 5.87. The van der Waals surface area contributed by atoms with E-state index in [1.165, 1.54) is 31.2 Å². The number of carbonyl (C=O) groups excluding carboxylic acids is 1. The van der Waals surface area contributed by atoms with Crippen LogP contribution in [0.4, 0.5) is 0 Å². The van der Waals surface area contributed by atoms with Crippen LogP contribution < -0.4 is 4.74 Å². The molecule has 3 rings (SSSR count). The molecule has 1 aliphatic carbocycles. The Bertz CT molecular complexity index is 653. The molecule has 0 N–H and O–H groups in total. The SMILES string of the molecule is CN(C)C(=O)c1ccc(Oc2ccc(C3CCCC3)cc2)cc1. The lowest BCUT2D eigenvalue weighted by atomic mass is 9.98. The van der Waals surface area contributed by atoms with Crippen molar-refractivity contribution >= 4 is 5.91 Å². The molecule has 1 saturated carbocycles. The van der Waals surface area contributed by atoms with E-state index in [1.807, 2.05) is 24.3 Å². The fourth-order valence-corrected chi connectivity index (χ4v) is 3.13. The smallest absolute Gasteiger partial charge is 0.253 e. The number of hydrogen-bond donors (Lipinski definition) is 0. The third-order valence-electron chi connectivity index (χ3n) is 4.45. The highest BCUT2D eigenvalue weighted by atomic mass is 16.5. The zero-order valence-corrected chi connectivity index (χ0v) is 13.8. The normalized spacial score (nSPS) is 14.7. The first kappa shape index (κ1) is 15.6. The molecule has 0 heterocycles. The minimum atomic E-state index is -0.00235. The first-order valence-electron chi connectivity index (χ1n) is 8.23. The number of rotatable bonds is 4. The predicted molar refractivity (Wildman–Crippen MR) is 92.2 cm³/mol. The minimum absolute atomic E-state index is 0.00235. The third kappa shape index (κ3) is 3.73. The Morgan fingerprint density at radius 1 is 0.913 bits per heavy atom. The van der Waals surface area contributed by atoms with E-state index >= 15 is 0 Å². The fraction of sp³-hybridized carbons (Fsp3) is 0.350. The van der Waals surface area contributed by atoms with Gasteiger partial charge in [0.2, 0.25) is 0 Å². The molecule has 1 aliphatic rings. The average Bonchev–Trinajstić information content (AvgIpc) is 3.10. The van der Waals surface area contributed by atoms with E-state index in [2.05, 4.69) is 12.1 Å². The molecule has 3 nitrogen and oxygen atoms in total. The molecule has 23 heavy (non-hydrogen) atoms. The van der Waals surface area contributed by atoms with Crippen molar-refractivity contribution in [3.05, 3.63) is 59.7 Å². The van der Waals surface area contributed by atoms with Crippen LogP contribution in [0.2, 0.25) is 0 Å². The summed E-state index contributed by atoms with van der Waals surface area (Å²) in [7, 11) is 3.50. The molecule has 0 atom stereocenters. The van der Waals surface area contributed by atoms with Crippen molar-refractivity contribution in [1.29, 1.82) is 0 Å². The molecular formula is C20H23NO2. The third-order valence-corrected chi connectivity index (χ3v) is 4.45. The number of hydrogen-bond acceptors (Lipinski definition) is 2. The summed E-state index contributed by atoms with van der Waals surface area (Å²) in [6.45, 7) is 0. The standard InChI is InChI=1S/C20H23NO2/c1-21(2)20(22)17-9-13-19(14-10-17)23-18-11-7-16(8-12-18)15-5-3-4-6-15/h7-15H,3-6H2,1-2H3. The zero-order chi connectivity index (χ0) is 16.2. The molecule has 0 bridgehead atoms. The van der Waals surface area contributed by atoms with Crippen LogP contribution in [0.15, 0.2) is 48.5 Å². The lowest BCUT2D eigenvalue weighted by Gasteiger charge is -2.12. The number of ether oxygens (including phenoxy) is 1. The molecular weight excluding hydrogens is 286 g/mol. The molecule has 0 aliphatic heterocycles. The van der Waals surface area contributed by atoms with Gasteiger partial charge in [0.15, 0.2) is 0 Å². The Labute approximate surface area is 137 Å². The van der Waals surface area contributed by atoms with Crippen molar-refractivity contribution in [2.75, 3.05) is 14.1 Å². The largest absolute Gasteiger partial charge is 0.457 e. The average molecular weight is 309 g/mol. The second kappa shape index (κ2) is 6.86. The Kier molecular flexibility index (Phi) is 4.65. The highest BCUT2D eigenvalue weighted by molar-refractivity contribution is 5.93. The topological polar surface area (TPSA) is 29.5 Å². The number of benzene rings is 2. The van der Waals surface area contributed by atoms with Gasteiger partial charge in [-0.1, -0.05) is 25.0 Å². The van der Waals surface area contributed by atoms with Gasteiger partial charge in [0.25, 0.3) is 5.91 Å². The zero-order valence-electron chi connectivity index (χ0n) is 13.8. The summed E-state index contributed by atoms with van der Waals surface area (Å²) in [6, 6.07) is 15.7. The van der Waals surface area contributed by atoms with Crippen LogP contribution in [0.1, 0.15) is 47.5 Å². The summed E-state index contributed by atoms with van der Waals surface area (Å²) in [4.78, 5) is 13.4. The lowest BCUT2D eigenvalue weighted by molar-refractivity contribution is 0.0827.